The summed E-state index contributed by atoms with van der Waals surface area (Å²) < 4.78 is 2.09. The molecule has 2 nitrogen and oxygen atoms in total. The second-order valence-electron chi connectivity index (χ2n) is 5.19. The molecule has 0 bridgehead atoms. The lowest BCUT2D eigenvalue weighted by atomic mass is 10.1. The van der Waals surface area contributed by atoms with Gasteiger partial charge in [-0.25, -0.2) is 4.98 Å². The fraction of sp³-hybridized carbons (Fsp3) is 0.118. The normalized spacial score (nSPS) is 11.0. The van der Waals surface area contributed by atoms with E-state index in [9.17, 15) is 0 Å². The van der Waals surface area contributed by atoms with Crippen LogP contribution in [0.1, 0.15) is 17.1 Å². The Balaban J connectivity index is 1.94. The van der Waals surface area contributed by atoms with Gasteiger partial charge in [0.05, 0.1) is 10.7 Å². The van der Waals surface area contributed by atoms with Crippen LogP contribution >= 0.6 is 55.1 Å². The lowest BCUT2D eigenvalue weighted by Gasteiger charge is -2.03. The van der Waals surface area contributed by atoms with Gasteiger partial charge in [-0.3, -0.25) is 0 Å². The minimum Gasteiger partial charge on any atom is -0.345 e. The Kier molecular flexibility index (Phi) is 5.16. The largest absolute Gasteiger partial charge is 0.345 e. The van der Waals surface area contributed by atoms with Gasteiger partial charge in [-0.15, -0.1) is 0 Å². The van der Waals surface area contributed by atoms with Gasteiger partial charge in [0.15, 0.2) is 0 Å². The van der Waals surface area contributed by atoms with Crippen molar-refractivity contribution >= 4 is 55.1 Å². The van der Waals surface area contributed by atoms with E-state index < -0.39 is 0 Å². The molecule has 118 valence electrons. The number of hydrogen-bond acceptors (Lipinski definition) is 1. The Hall–Kier alpha value is -0.810. The first-order chi connectivity index (χ1) is 10.9. The molecule has 0 atom stereocenters. The highest BCUT2D eigenvalue weighted by atomic mass is 79.9. The molecule has 0 unspecified atom stereocenters. The number of nitrogens with one attached hydrogen (secondary N) is 1. The Morgan fingerprint density at radius 3 is 2.57 bits per heavy atom. The first-order valence-corrected chi connectivity index (χ1v) is 9.23. The number of halogens is 4. The molecule has 0 amide bonds. The van der Waals surface area contributed by atoms with E-state index in [0.29, 0.717) is 16.5 Å². The van der Waals surface area contributed by atoms with E-state index in [1.807, 2.05) is 31.2 Å². The van der Waals surface area contributed by atoms with E-state index in [1.54, 1.807) is 6.07 Å². The summed E-state index contributed by atoms with van der Waals surface area (Å²) in [6, 6.07) is 11.6. The fourth-order valence-electron chi connectivity index (χ4n) is 2.40. The molecule has 6 heteroatoms. The lowest BCUT2D eigenvalue weighted by Crippen LogP contribution is -1.92. The van der Waals surface area contributed by atoms with Gasteiger partial charge in [-0.2, -0.15) is 0 Å². The van der Waals surface area contributed by atoms with E-state index in [-0.39, 0.29) is 0 Å². The molecule has 0 aliphatic rings. The molecule has 0 radical (unpaired) electrons. The highest BCUT2D eigenvalue weighted by Crippen LogP contribution is 2.32. The highest BCUT2D eigenvalue weighted by Gasteiger charge is 2.13. The molecule has 0 aliphatic carbocycles. The topological polar surface area (TPSA) is 28.7 Å². The monoisotopic (exact) mass is 472 g/mol. The van der Waals surface area contributed by atoms with Gasteiger partial charge >= 0.3 is 0 Å². The Morgan fingerprint density at radius 1 is 1.09 bits per heavy atom. The number of aromatic amines is 1. The molecule has 0 spiro atoms. The lowest BCUT2D eigenvalue weighted by molar-refractivity contribution is 1.01. The third kappa shape index (κ3) is 3.82. The van der Waals surface area contributed by atoms with E-state index >= 15 is 0 Å². The van der Waals surface area contributed by atoms with Gasteiger partial charge in [-0.1, -0.05) is 61.1 Å². The smallest absolute Gasteiger partial charge is 0.111 e. The van der Waals surface area contributed by atoms with Crippen LogP contribution in [0.4, 0.5) is 0 Å². The molecule has 0 aliphatic heterocycles. The van der Waals surface area contributed by atoms with Crippen molar-refractivity contribution in [2.45, 2.75) is 13.3 Å². The van der Waals surface area contributed by atoms with Crippen LogP contribution in [0.15, 0.2) is 45.3 Å². The molecule has 1 heterocycles. The molecule has 3 rings (SSSR count). The standard InChI is InChI=1S/C17H12Br2Cl2N2/c1-9-17(13-5-4-12(20)8-15(13)21)23-16(22-9)6-10-2-3-11(18)7-14(10)19/h2-5,7-8H,6H2,1H3,(H,22,23). The quantitative estimate of drug-likeness (QED) is 0.444. The molecular formula is C17H12Br2Cl2N2. The summed E-state index contributed by atoms with van der Waals surface area (Å²) in [5.74, 6) is 0.895. The van der Waals surface area contributed by atoms with Crippen LogP contribution in [0.25, 0.3) is 11.3 Å². The minimum absolute atomic E-state index is 0.600. The molecule has 23 heavy (non-hydrogen) atoms. The summed E-state index contributed by atoms with van der Waals surface area (Å²) >= 11 is 19.3. The number of nitrogens with zero attached hydrogens (tertiary/aromatic N) is 1. The van der Waals surface area contributed by atoms with E-state index in [1.165, 1.54) is 0 Å². The van der Waals surface area contributed by atoms with E-state index in [4.69, 9.17) is 28.2 Å². The zero-order valence-electron chi connectivity index (χ0n) is 12.1. The summed E-state index contributed by atoms with van der Waals surface area (Å²) in [6.07, 6.45) is 0.708. The van der Waals surface area contributed by atoms with E-state index in [0.717, 1.165) is 37.3 Å². The van der Waals surface area contributed by atoms with Crippen molar-refractivity contribution in [1.82, 2.24) is 9.97 Å². The van der Waals surface area contributed by atoms with Crippen molar-refractivity contribution in [2.24, 2.45) is 0 Å². The predicted molar refractivity (Wildman–Crippen MR) is 103 cm³/mol. The van der Waals surface area contributed by atoms with Crippen LogP contribution in [-0.2, 0) is 6.42 Å². The molecule has 0 saturated heterocycles. The maximum Gasteiger partial charge on any atom is 0.111 e. The number of aromatic nitrogens is 2. The van der Waals surface area contributed by atoms with Gasteiger partial charge in [-0.05, 0) is 42.8 Å². The van der Waals surface area contributed by atoms with Gasteiger partial charge < -0.3 is 4.98 Å². The number of hydrogen-bond donors (Lipinski definition) is 1. The van der Waals surface area contributed by atoms with Gasteiger partial charge in [0.2, 0.25) is 0 Å². The van der Waals surface area contributed by atoms with Crippen molar-refractivity contribution in [3.63, 3.8) is 0 Å². The van der Waals surface area contributed by atoms with Gasteiger partial charge in [0.25, 0.3) is 0 Å². The summed E-state index contributed by atoms with van der Waals surface area (Å²) in [7, 11) is 0. The minimum atomic E-state index is 0.600. The fourth-order valence-corrected chi connectivity index (χ4v) is 4.08. The van der Waals surface area contributed by atoms with Crippen LogP contribution in [0.3, 0.4) is 0 Å². The molecule has 1 aromatic heterocycles. The molecule has 3 aromatic rings. The number of H-pyrrole nitrogens is 1. The average molecular weight is 475 g/mol. The van der Waals surface area contributed by atoms with Crippen LogP contribution < -0.4 is 0 Å². The SMILES string of the molecule is Cc1[nH]c(Cc2ccc(Br)cc2Br)nc1-c1ccc(Cl)cc1Cl. The van der Waals surface area contributed by atoms with Crippen LogP contribution in [0.2, 0.25) is 10.0 Å². The van der Waals surface area contributed by atoms with Crippen molar-refractivity contribution in [3.05, 3.63) is 72.5 Å². The zero-order valence-corrected chi connectivity index (χ0v) is 16.8. The number of aryl methyl sites for hydroxylation is 1. The third-order valence-electron chi connectivity index (χ3n) is 3.49. The number of rotatable bonds is 3. The summed E-state index contributed by atoms with van der Waals surface area (Å²) in [5.41, 5.74) is 3.88. The molecule has 0 saturated carbocycles. The second-order valence-corrected chi connectivity index (χ2v) is 7.81. The number of imidazole rings is 1. The predicted octanol–water partition coefficient (Wildman–Crippen LogP) is 6.81. The van der Waals surface area contributed by atoms with Crippen LogP contribution in [0, 0.1) is 6.92 Å². The summed E-state index contributed by atoms with van der Waals surface area (Å²) in [6.45, 7) is 1.99. The molecular weight excluding hydrogens is 463 g/mol. The third-order valence-corrected chi connectivity index (χ3v) is 5.27. The van der Waals surface area contributed by atoms with Crippen LogP contribution in [0.5, 0.6) is 0 Å². The molecule has 2 aromatic carbocycles. The van der Waals surface area contributed by atoms with Crippen molar-refractivity contribution in [2.75, 3.05) is 0 Å². The zero-order chi connectivity index (χ0) is 16.6. The molecule has 0 fully saturated rings. The first kappa shape index (κ1) is 17.0. The summed E-state index contributed by atoms with van der Waals surface area (Å²) in [5, 5.41) is 1.22. The van der Waals surface area contributed by atoms with Crippen molar-refractivity contribution in [3.8, 4) is 11.3 Å². The van der Waals surface area contributed by atoms with Crippen molar-refractivity contribution in [1.29, 1.82) is 0 Å². The Labute approximate surface area is 161 Å². The maximum absolute atomic E-state index is 6.30. The van der Waals surface area contributed by atoms with Gasteiger partial charge in [0.1, 0.15) is 5.82 Å². The van der Waals surface area contributed by atoms with Crippen molar-refractivity contribution < 1.29 is 0 Å². The Morgan fingerprint density at radius 2 is 1.87 bits per heavy atom. The number of benzene rings is 2. The maximum atomic E-state index is 6.30. The average Bonchev–Trinajstić information content (AvgIpc) is 2.83. The van der Waals surface area contributed by atoms with Crippen LogP contribution in [-0.4, -0.2) is 9.97 Å². The highest BCUT2D eigenvalue weighted by molar-refractivity contribution is 9.11. The van der Waals surface area contributed by atoms with E-state index in [2.05, 4.69) is 42.9 Å². The second kappa shape index (κ2) is 6.98. The van der Waals surface area contributed by atoms with Gasteiger partial charge in [0, 0.05) is 31.6 Å². The first-order valence-electron chi connectivity index (χ1n) is 6.89. The summed E-state index contributed by atoms with van der Waals surface area (Å²) in [4.78, 5) is 8.05. The Bertz CT molecular complexity index is 875. The molecule has 1 N–H and O–H groups in total.